The molecule has 0 atom stereocenters. The SMILES string of the molecule is Cc1cc(C(=O)N2CCC(C)CC2)nc(N2CCC(C)CC2)n1. The van der Waals surface area contributed by atoms with Crippen molar-refractivity contribution in [2.24, 2.45) is 11.8 Å². The average Bonchev–Trinajstić information content (AvgIpc) is 2.55. The lowest BCUT2D eigenvalue weighted by Crippen LogP contribution is -2.39. The van der Waals surface area contributed by atoms with E-state index in [4.69, 9.17) is 0 Å². The fourth-order valence-corrected chi connectivity index (χ4v) is 3.39. The first kappa shape index (κ1) is 16.2. The lowest BCUT2D eigenvalue weighted by atomic mass is 9.99. The van der Waals surface area contributed by atoms with Crippen LogP contribution in [0.4, 0.5) is 5.95 Å². The van der Waals surface area contributed by atoms with Crippen molar-refractivity contribution in [3.8, 4) is 0 Å². The van der Waals surface area contributed by atoms with Crippen LogP contribution >= 0.6 is 0 Å². The number of anilines is 1. The summed E-state index contributed by atoms with van der Waals surface area (Å²) in [5, 5.41) is 0. The van der Waals surface area contributed by atoms with Gasteiger partial charge in [-0.15, -0.1) is 0 Å². The molecular weight excluding hydrogens is 288 g/mol. The molecule has 1 amide bonds. The number of hydrogen-bond acceptors (Lipinski definition) is 4. The molecule has 0 N–H and O–H groups in total. The summed E-state index contributed by atoms with van der Waals surface area (Å²) in [6, 6.07) is 1.83. The Morgan fingerprint density at radius 1 is 1.00 bits per heavy atom. The molecule has 5 heteroatoms. The van der Waals surface area contributed by atoms with E-state index in [2.05, 4.69) is 28.7 Å². The van der Waals surface area contributed by atoms with Gasteiger partial charge in [-0.25, -0.2) is 9.97 Å². The van der Waals surface area contributed by atoms with Gasteiger partial charge in [0.05, 0.1) is 0 Å². The van der Waals surface area contributed by atoms with Crippen molar-refractivity contribution in [1.29, 1.82) is 0 Å². The average molecular weight is 316 g/mol. The summed E-state index contributed by atoms with van der Waals surface area (Å²) in [4.78, 5) is 26.1. The molecule has 0 spiro atoms. The Hall–Kier alpha value is -1.65. The summed E-state index contributed by atoms with van der Waals surface area (Å²) >= 11 is 0. The topological polar surface area (TPSA) is 49.3 Å². The van der Waals surface area contributed by atoms with Gasteiger partial charge >= 0.3 is 0 Å². The van der Waals surface area contributed by atoms with Crippen LogP contribution in [-0.2, 0) is 0 Å². The maximum atomic E-state index is 12.8. The molecule has 2 fully saturated rings. The predicted octanol–water partition coefficient (Wildman–Crippen LogP) is 2.89. The molecule has 2 aliphatic rings. The van der Waals surface area contributed by atoms with Crippen molar-refractivity contribution < 1.29 is 4.79 Å². The van der Waals surface area contributed by atoms with Crippen molar-refractivity contribution in [1.82, 2.24) is 14.9 Å². The van der Waals surface area contributed by atoms with E-state index in [1.807, 2.05) is 17.9 Å². The second-order valence-corrected chi connectivity index (χ2v) is 7.34. The highest BCUT2D eigenvalue weighted by molar-refractivity contribution is 5.92. The van der Waals surface area contributed by atoms with Crippen LogP contribution in [0.1, 0.15) is 55.7 Å². The van der Waals surface area contributed by atoms with Crippen molar-refractivity contribution in [3.05, 3.63) is 17.5 Å². The molecule has 2 saturated heterocycles. The second kappa shape index (κ2) is 6.85. The molecule has 0 saturated carbocycles. The molecule has 1 aromatic rings. The fourth-order valence-electron chi connectivity index (χ4n) is 3.39. The summed E-state index contributed by atoms with van der Waals surface area (Å²) in [5.41, 5.74) is 1.43. The molecule has 126 valence electrons. The number of rotatable bonds is 2. The van der Waals surface area contributed by atoms with E-state index in [9.17, 15) is 4.79 Å². The zero-order valence-corrected chi connectivity index (χ0v) is 14.6. The fraction of sp³-hybridized carbons (Fsp3) is 0.722. The number of nitrogens with zero attached hydrogens (tertiary/aromatic N) is 4. The largest absolute Gasteiger partial charge is 0.341 e. The summed E-state index contributed by atoms with van der Waals surface area (Å²) in [7, 11) is 0. The van der Waals surface area contributed by atoms with Crippen molar-refractivity contribution in [3.63, 3.8) is 0 Å². The number of aryl methyl sites for hydroxylation is 1. The summed E-state index contributed by atoms with van der Waals surface area (Å²) in [6.07, 6.45) is 4.52. The Morgan fingerprint density at radius 3 is 2.17 bits per heavy atom. The number of carbonyl (C=O) groups is 1. The van der Waals surface area contributed by atoms with Crippen molar-refractivity contribution in [2.75, 3.05) is 31.1 Å². The number of aromatic nitrogens is 2. The van der Waals surface area contributed by atoms with Crippen LogP contribution in [-0.4, -0.2) is 47.0 Å². The summed E-state index contributed by atoms with van der Waals surface area (Å²) in [5.74, 6) is 2.28. The van der Waals surface area contributed by atoms with Gasteiger partial charge in [0.25, 0.3) is 5.91 Å². The quantitative estimate of drug-likeness (QED) is 0.842. The lowest BCUT2D eigenvalue weighted by Gasteiger charge is -2.32. The van der Waals surface area contributed by atoms with Gasteiger partial charge in [-0.3, -0.25) is 4.79 Å². The van der Waals surface area contributed by atoms with Gasteiger partial charge in [0.2, 0.25) is 5.95 Å². The maximum absolute atomic E-state index is 12.8. The van der Waals surface area contributed by atoms with Gasteiger partial charge in [-0.2, -0.15) is 0 Å². The predicted molar refractivity (Wildman–Crippen MR) is 91.7 cm³/mol. The van der Waals surface area contributed by atoms with Gasteiger partial charge in [0.1, 0.15) is 5.69 Å². The number of hydrogen-bond donors (Lipinski definition) is 0. The van der Waals surface area contributed by atoms with Crippen molar-refractivity contribution in [2.45, 2.75) is 46.5 Å². The van der Waals surface area contributed by atoms with Crippen LogP contribution in [0.5, 0.6) is 0 Å². The van der Waals surface area contributed by atoms with Crippen LogP contribution in [0.2, 0.25) is 0 Å². The Balaban J connectivity index is 1.76. The highest BCUT2D eigenvalue weighted by atomic mass is 16.2. The van der Waals surface area contributed by atoms with E-state index in [1.165, 1.54) is 12.8 Å². The Labute approximate surface area is 139 Å². The number of carbonyl (C=O) groups excluding carboxylic acids is 1. The first-order chi connectivity index (χ1) is 11.0. The summed E-state index contributed by atoms with van der Waals surface area (Å²) in [6.45, 7) is 10.2. The third kappa shape index (κ3) is 3.82. The molecule has 23 heavy (non-hydrogen) atoms. The molecule has 0 aliphatic carbocycles. The second-order valence-electron chi connectivity index (χ2n) is 7.34. The third-order valence-corrected chi connectivity index (χ3v) is 5.20. The smallest absolute Gasteiger partial charge is 0.272 e. The Kier molecular flexibility index (Phi) is 4.83. The maximum Gasteiger partial charge on any atom is 0.272 e. The highest BCUT2D eigenvalue weighted by Crippen LogP contribution is 2.22. The molecule has 0 radical (unpaired) electrons. The first-order valence-corrected chi connectivity index (χ1v) is 8.93. The lowest BCUT2D eigenvalue weighted by molar-refractivity contribution is 0.0691. The zero-order chi connectivity index (χ0) is 16.4. The Morgan fingerprint density at radius 2 is 1.57 bits per heavy atom. The number of piperidine rings is 2. The molecule has 2 aliphatic heterocycles. The molecule has 0 bridgehead atoms. The van der Waals surface area contributed by atoms with Gasteiger partial charge in [-0.1, -0.05) is 13.8 Å². The monoisotopic (exact) mass is 316 g/mol. The summed E-state index contributed by atoms with van der Waals surface area (Å²) < 4.78 is 0. The van der Waals surface area contributed by atoms with E-state index < -0.39 is 0 Å². The van der Waals surface area contributed by atoms with Crippen LogP contribution in [0, 0.1) is 18.8 Å². The van der Waals surface area contributed by atoms with Gasteiger partial charge in [0.15, 0.2) is 0 Å². The van der Waals surface area contributed by atoms with Crippen molar-refractivity contribution >= 4 is 11.9 Å². The van der Waals surface area contributed by atoms with E-state index in [-0.39, 0.29) is 5.91 Å². The van der Waals surface area contributed by atoms with Gasteiger partial charge < -0.3 is 9.80 Å². The third-order valence-electron chi connectivity index (χ3n) is 5.20. The van der Waals surface area contributed by atoms with Crippen LogP contribution in [0.15, 0.2) is 6.07 Å². The number of amides is 1. The molecule has 0 aromatic carbocycles. The standard InChI is InChI=1S/C18H28N4O/c1-13-4-8-21(9-5-13)17(23)16-12-15(3)19-18(20-16)22-10-6-14(2)7-11-22/h12-14H,4-11H2,1-3H3. The molecule has 3 rings (SSSR count). The van der Waals surface area contributed by atoms with Crippen LogP contribution in [0.25, 0.3) is 0 Å². The van der Waals surface area contributed by atoms with Gasteiger partial charge in [-0.05, 0) is 50.5 Å². The molecule has 5 nitrogen and oxygen atoms in total. The first-order valence-electron chi connectivity index (χ1n) is 8.93. The molecular formula is C18H28N4O. The van der Waals surface area contributed by atoms with Crippen LogP contribution < -0.4 is 4.90 Å². The minimum absolute atomic E-state index is 0.0639. The van der Waals surface area contributed by atoms with Gasteiger partial charge in [0, 0.05) is 31.9 Å². The van der Waals surface area contributed by atoms with E-state index in [0.717, 1.165) is 62.5 Å². The van der Waals surface area contributed by atoms with E-state index in [1.54, 1.807) is 0 Å². The van der Waals surface area contributed by atoms with E-state index in [0.29, 0.717) is 5.69 Å². The minimum atomic E-state index is 0.0639. The molecule has 0 unspecified atom stereocenters. The normalized spacial score (nSPS) is 20.8. The zero-order valence-electron chi connectivity index (χ0n) is 14.6. The van der Waals surface area contributed by atoms with E-state index >= 15 is 0 Å². The van der Waals surface area contributed by atoms with Crippen LogP contribution in [0.3, 0.4) is 0 Å². The Bertz CT molecular complexity index is 558. The highest BCUT2D eigenvalue weighted by Gasteiger charge is 2.24. The molecule has 3 heterocycles. The minimum Gasteiger partial charge on any atom is -0.341 e. The molecule has 1 aromatic heterocycles. The number of likely N-dealkylation sites (tertiary alicyclic amines) is 1.